The van der Waals surface area contributed by atoms with E-state index < -0.39 is 12.1 Å². The molecule has 0 heterocycles. The van der Waals surface area contributed by atoms with Gasteiger partial charge in [0.15, 0.2) is 6.17 Å². The highest BCUT2D eigenvalue weighted by atomic mass is 19.1. The molecule has 0 bridgehead atoms. The Morgan fingerprint density at radius 3 is 2.23 bits per heavy atom. The van der Waals surface area contributed by atoms with Crippen molar-refractivity contribution >= 4 is 5.97 Å². The average Bonchev–Trinajstić information content (AvgIpc) is 2.14. The van der Waals surface area contributed by atoms with Gasteiger partial charge < -0.3 is 4.74 Å². The molecule has 3 heteroatoms. The first-order chi connectivity index (χ1) is 6.15. The van der Waals surface area contributed by atoms with Crippen LogP contribution < -0.4 is 0 Å². The quantitative estimate of drug-likeness (QED) is 0.602. The molecule has 0 aromatic heterocycles. The van der Waals surface area contributed by atoms with E-state index in [1.54, 1.807) is 6.92 Å². The molecular weight excluding hydrogens is 171 g/mol. The van der Waals surface area contributed by atoms with E-state index in [9.17, 15) is 9.18 Å². The Kier molecular flexibility index (Phi) is 6.55. The Bertz CT molecular complexity index is 144. The number of hydrogen-bond donors (Lipinski definition) is 0. The summed E-state index contributed by atoms with van der Waals surface area (Å²) in [6.07, 6.45) is 0.684. The number of halogens is 1. The maximum Gasteiger partial charge on any atom is 0.340 e. The molecule has 0 aliphatic heterocycles. The maximum atomic E-state index is 13.1. The third-order valence-corrected chi connectivity index (χ3v) is 2.24. The van der Waals surface area contributed by atoms with Gasteiger partial charge in [-0.15, -0.1) is 0 Å². The van der Waals surface area contributed by atoms with Crippen molar-refractivity contribution in [2.24, 2.45) is 5.92 Å². The standard InChI is InChI=1S/C10H19FO2/c1-4-8(5-2)7-9(11)10(12)13-6-3/h8-9H,4-7H2,1-3H3. The molecule has 0 fully saturated rings. The molecule has 78 valence electrons. The smallest absolute Gasteiger partial charge is 0.340 e. The summed E-state index contributed by atoms with van der Waals surface area (Å²) in [5.74, 6) is -0.422. The Balaban J connectivity index is 3.82. The highest BCUT2D eigenvalue weighted by Crippen LogP contribution is 2.17. The van der Waals surface area contributed by atoms with Crippen molar-refractivity contribution in [3.8, 4) is 0 Å². The summed E-state index contributed by atoms with van der Waals surface area (Å²) in [5.41, 5.74) is 0. The van der Waals surface area contributed by atoms with Gasteiger partial charge >= 0.3 is 5.97 Å². The SMILES string of the molecule is CCOC(=O)C(F)CC(CC)CC. The van der Waals surface area contributed by atoms with Gasteiger partial charge in [-0.25, -0.2) is 9.18 Å². The molecule has 0 rings (SSSR count). The third-order valence-electron chi connectivity index (χ3n) is 2.24. The monoisotopic (exact) mass is 190 g/mol. The topological polar surface area (TPSA) is 26.3 Å². The Labute approximate surface area is 79.5 Å². The van der Waals surface area contributed by atoms with Crippen molar-refractivity contribution in [2.75, 3.05) is 6.61 Å². The van der Waals surface area contributed by atoms with Crippen molar-refractivity contribution in [3.63, 3.8) is 0 Å². The number of hydrogen-bond acceptors (Lipinski definition) is 2. The number of rotatable bonds is 6. The predicted molar refractivity (Wildman–Crippen MR) is 50.2 cm³/mol. The second-order valence-electron chi connectivity index (χ2n) is 3.14. The van der Waals surface area contributed by atoms with Crippen LogP contribution in [0.2, 0.25) is 0 Å². The van der Waals surface area contributed by atoms with Gasteiger partial charge in [-0.05, 0) is 19.3 Å². The van der Waals surface area contributed by atoms with Gasteiger partial charge in [0.1, 0.15) is 0 Å². The van der Waals surface area contributed by atoms with Gasteiger partial charge in [-0.1, -0.05) is 26.7 Å². The summed E-state index contributed by atoms with van der Waals surface area (Å²) < 4.78 is 17.7. The van der Waals surface area contributed by atoms with E-state index in [1.165, 1.54) is 0 Å². The molecule has 1 atom stereocenters. The summed E-state index contributed by atoms with van der Waals surface area (Å²) in [4.78, 5) is 10.9. The summed E-state index contributed by atoms with van der Waals surface area (Å²) in [7, 11) is 0. The minimum atomic E-state index is -1.44. The molecule has 0 aromatic carbocycles. The summed E-state index contributed by atoms with van der Waals surface area (Å²) in [6.45, 7) is 5.95. The van der Waals surface area contributed by atoms with Gasteiger partial charge in [0.05, 0.1) is 6.61 Å². The molecule has 0 saturated heterocycles. The van der Waals surface area contributed by atoms with E-state index in [0.29, 0.717) is 12.3 Å². The largest absolute Gasteiger partial charge is 0.464 e. The first kappa shape index (κ1) is 12.4. The van der Waals surface area contributed by atoms with Gasteiger partial charge in [-0.2, -0.15) is 0 Å². The van der Waals surface area contributed by atoms with Crippen molar-refractivity contribution in [1.82, 2.24) is 0 Å². The number of carbonyl (C=O) groups is 1. The number of esters is 1. The lowest BCUT2D eigenvalue weighted by atomic mass is 9.97. The van der Waals surface area contributed by atoms with Crippen molar-refractivity contribution < 1.29 is 13.9 Å². The van der Waals surface area contributed by atoms with Crippen LogP contribution in [-0.2, 0) is 9.53 Å². The lowest BCUT2D eigenvalue weighted by Gasteiger charge is -2.14. The zero-order chi connectivity index (χ0) is 10.3. The fourth-order valence-electron chi connectivity index (χ4n) is 1.24. The molecule has 1 unspecified atom stereocenters. The Morgan fingerprint density at radius 1 is 1.31 bits per heavy atom. The number of carbonyl (C=O) groups excluding carboxylic acids is 1. The second-order valence-corrected chi connectivity index (χ2v) is 3.14. The van der Waals surface area contributed by atoms with Gasteiger partial charge in [0, 0.05) is 0 Å². The molecule has 0 aliphatic rings. The molecule has 0 spiro atoms. The van der Waals surface area contributed by atoms with Crippen LogP contribution in [0.3, 0.4) is 0 Å². The molecule has 0 radical (unpaired) electrons. The maximum absolute atomic E-state index is 13.1. The van der Waals surface area contributed by atoms with E-state index in [-0.39, 0.29) is 6.61 Å². The van der Waals surface area contributed by atoms with Crippen LogP contribution in [0, 0.1) is 5.92 Å². The summed E-state index contributed by atoms with van der Waals surface area (Å²) in [6, 6.07) is 0. The molecule has 0 aliphatic carbocycles. The van der Waals surface area contributed by atoms with Crippen molar-refractivity contribution in [3.05, 3.63) is 0 Å². The van der Waals surface area contributed by atoms with Crippen molar-refractivity contribution in [2.45, 2.75) is 46.2 Å². The Hall–Kier alpha value is -0.600. The lowest BCUT2D eigenvalue weighted by molar-refractivity contribution is -0.149. The Morgan fingerprint density at radius 2 is 1.85 bits per heavy atom. The zero-order valence-corrected chi connectivity index (χ0v) is 8.68. The summed E-state index contributed by atoms with van der Waals surface area (Å²) in [5, 5.41) is 0. The minimum absolute atomic E-state index is 0.252. The van der Waals surface area contributed by atoms with Crippen LogP contribution in [0.25, 0.3) is 0 Å². The van der Waals surface area contributed by atoms with Crippen molar-refractivity contribution in [1.29, 1.82) is 0 Å². The van der Waals surface area contributed by atoms with Crippen LogP contribution in [0.5, 0.6) is 0 Å². The first-order valence-corrected chi connectivity index (χ1v) is 4.96. The molecule has 2 nitrogen and oxygen atoms in total. The molecule has 13 heavy (non-hydrogen) atoms. The zero-order valence-electron chi connectivity index (χ0n) is 8.68. The van der Waals surface area contributed by atoms with Crippen LogP contribution in [0.1, 0.15) is 40.0 Å². The van der Waals surface area contributed by atoms with Crippen LogP contribution >= 0.6 is 0 Å². The molecule has 0 saturated carbocycles. The molecule has 0 aromatic rings. The van der Waals surface area contributed by atoms with Gasteiger partial charge in [0.2, 0.25) is 0 Å². The van der Waals surface area contributed by atoms with Crippen LogP contribution in [0.15, 0.2) is 0 Å². The van der Waals surface area contributed by atoms with Crippen LogP contribution in [0.4, 0.5) is 4.39 Å². The van der Waals surface area contributed by atoms with E-state index in [1.807, 2.05) is 13.8 Å². The average molecular weight is 190 g/mol. The number of ether oxygens (including phenoxy) is 1. The van der Waals surface area contributed by atoms with E-state index in [0.717, 1.165) is 12.8 Å². The minimum Gasteiger partial charge on any atom is -0.464 e. The second kappa shape index (κ2) is 6.87. The first-order valence-electron chi connectivity index (χ1n) is 4.96. The predicted octanol–water partition coefficient (Wildman–Crippen LogP) is 2.71. The van der Waals surface area contributed by atoms with Gasteiger partial charge in [0.25, 0.3) is 0 Å². The fraction of sp³-hybridized carbons (Fsp3) is 0.900. The summed E-state index contributed by atoms with van der Waals surface area (Å²) >= 11 is 0. The molecule has 0 N–H and O–H groups in total. The van der Waals surface area contributed by atoms with Crippen LogP contribution in [-0.4, -0.2) is 18.7 Å². The number of alkyl halides is 1. The highest BCUT2D eigenvalue weighted by Gasteiger charge is 2.21. The van der Waals surface area contributed by atoms with E-state index >= 15 is 0 Å². The normalized spacial score (nSPS) is 13.0. The lowest BCUT2D eigenvalue weighted by Crippen LogP contribution is -2.21. The van der Waals surface area contributed by atoms with E-state index in [2.05, 4.69) is 4.74 Å². The third kappa shape index (κ3) is 4.86. The van der Waals surface area contributed by atoms with E-state index in [4.69, 9.17) is 0 Å². The van der Waals surface area contributed by atoms with Gasteiger partial charge in [-0.3, -0.25) is 0 Å². The highest BCUT2D eigenvalue weighted by molar-refractivity contribution is 5.74. The molecular formula is C10H19FO2. The molecule has 0 amide bonds. The fourth-order valence-corrected chi connectivity index (χ4v) is 1.24.